The number of aliphatic carboxylic acids is 1. The zero-order chi connectivity index (χ0) is 13.0. The lowest BCUT2D eigenvalue weighted by Crippen LogP contribution is -1.99. The quantitative estimate of drug-likeness (QED) is 0.667. The molecule has 0 atom stereocenters. The lowest BCUT2D eigenvalue weighted by atomic mass is 10.1. The van der Waals surface area contributed by atoms with E-state index < -0.39 is 25.6 Å². The van der Waals surface area contributed by atoms with Crippen LogP contribution < -0.4 is 5.30 Å². The first-order chi connectivity index (χ1) is 7.91. The van der Waals surface area contributed by atoms with E-state index in [2.05, 4.69) is 0 Å². The first-order valence-corrected chi connectivity index (χ1v) is 5.57. The molecule has 1 aromatic carbocycles. The second kappa shape index (κ2) is 5.50. The first kappa shape index (κ1) is 13.3. The molecule has 0 amide bonds. The highest BCUT2D eigenvalue weighted by Crippen LogP contribution is 2.24. The van der Waals surface area contributed by atoms with Crippen LogP contribution in [-0.4, -0.2) is 11.1 Å². The van der Waals surface area contributed by atoms with Crippen LogP contribution in [0, 0.1) is 0 Å². The third kappa shape index (κ3) is 3.60. The summed E-state index contributed by atoms with van der Waals surface area (Å²) in [7, 11) is -2.94. The molecule has 1 rings (SSSR count). The van der Waals surface area contributed by atoms with Crippen molar-refractivity contribution in [2.24, 2.45) is 0 Å². The Hall–Kier alpha value is -1.81. The van der Waals surface area contributed by atoms with Crippen LogP contribution in [0.3, 0.4) is 0 Å². The van der Waals surface area contributed by atoms with Gasteiger partial charge in [-0.15, -0.1) is 0 Å². The van der Waals surface area contributed by atoms with Gasteiger partial charge in [0.2, 0.25) is 0 Å². The molecule has 0 spiro atoms. The summed E-state index contributed by atoms with van der Waals surface area (Å²) < 4.78 is 46.5. The summed E-state index contributed by atoms with van der Waals surface area (Å²) >= 11 is 0. The number of hydrogen-bond acceptors (Lipinski definition) is 3. The molecule has 0 saturated heterocycles. The second-order valence-electron chi connectivity index (χ2n) is 3.04. The fraction of sp³-hybridized carbons (Fsp3) is 0.100. The average Bonchev–Trinajstić information content (AvgIpc) is 2.25. The summed E-state index contributed by atoms with van der Waals surface area (Å²) in [4.78, 5) is 10.3. The summed E-state index contributed by atoms with van der Waals surface area (Å²) in [5, 5.41) is 8.14. The third-order valence-corrected chi connectivity index (χ3v) is 2.62. The highest BCUT2D eigenvalue weighted by molar-refractivity contribution is 7.40. The standard InChI is InChI=1S/C10H7F2O4P/c11-10(12)8-5-7(17(15)16)3-1-6(8)2-4-9(13)14/h1-5,10H,(H,13,14). The number of carboxylic acid groups (broad SMARTS) is 1. The van der Waals surface area contributed by atoms with Gasteiger partial charge in [-0.25, -0.2) is 22.7 Å². The van der Waals surface area contributed by atoms with Crippen LogP contribution in [-0.2, 0) is 13.9 Å². The Morgan fingerprint density at radius 1 is 1.35 bits per heavy atom. The molecule has 0 aliphatic heterocycles. The minimum absolute atomic E-state index is 0.0250. The number of benzene rings is 1. The first-order valence-electron chi connectivity index (χ1n) is 4.39. The van der Waals surface area contributed by atoms with Crippen molar-refractivity contribution in [2.75, 3.05) is 0 Å². The molecule has 90 valence electrons. The van der Waals surface area contributed by atoms with Gasteiger partial charge in [-0.2, -0.15) is 0 Å². The molecule has 0 aliphatic carbocycles. The van der Waals surface area contributed by atoms with Crippen LogP contribution in [0.1, 0.15) is 17.6 Å². The lowest BCUT2D eigenvalue weighted by molar-refractivity contribution is -0.131. The van der Waals surface area contributed by atoms with Crippen molar-refractivity contribution < 1.29 is 27.8 Å². The Morgan fingerprint density at radius 2 is 2.00 bits per heavy atom. The highest BCUT2D eigenvalue weighted by Gasteiger charge is 2.13. The van der Waals surface area contributed by atoms with Gasteiger partial charge in [0.1, 0.15) is 0 Å². The smallest absolute Gasteiger partial charge is 0.348 e. The predicted molar refractivity (Wildman–Crippen MR) is 56.0 cm³/mol. The molecule has 0 unspecified atom stereocenters. The van der Waals surface area contributed by atoms with Gasteiger partial charge in [0.05, 0.1) is 5.30 Å². The molecule has 0 aliphatic rings. The van der Waals surface area contributed by atoms with Gasteiger partial charge >= 0.3 is 13.6 Å². The van der Waals surface area contributed by atoms with Crippen molar-refractivity contribution in [3.05, 3.63) is 35.4 Å². The molecule has 0 saturated carbocycles. The number of carboxylic acids is 1. The van der Waals surface area contributed by atoms with Crippen molar-refractivity contribution in [3.8, 4) is 0 Å². The van der Waals surface area contributed by atoms with Crippen molar-refractivity contribution in [1.29, 1.82) is 0 Å². The molecule has 1 aromatic rings. The van der Waals surface area contributed by atoms with Crippen LogP contribution >= 0.6 is 7.68 Å². The minimum Gasteiger partial charge on any atom is -0.478 e. The molecule has 17 heavy (non-hydrogen) atoms. The maximum absolute atomic E-state index is 12.6. The summed E-state index contributed by atoms with van der Waals surface area (Å²) in [6.07, 6.45) is -1.18. The van der Waals surface area contributed by atoms with Gasteiger partial charge in [0.15, 0.2) is 0 Å². The monoisotopic (exact) mass is 260 g/mol. The zero-order valence-corrected chi connectivity index (χ0v) is 9.23. The Kier molecular flexibility index (Phi) is 4.29. The normalized spacial score (nSPS) is 11.0. The number of alkyl halides is 2. The van der Waals surface area contributed by atoms with E-state index in [0.717, 1.165) is 24.3 Å². The molecular weight excluding hydrogens is 253 g/mol. The van der Waals surface area contributed by atoms with E-state index in [0.29, 0.717) is 6.08 Å². The molecule has 0 aromatic heterocycles. The van der Waals surface area contributed by atoms with Crippen LogP contribution in [0.5, 0.6) is 0 Å². The molecule has 4 nitrogen and oxygen atoms in total. The summed E-state index contributed by atoms with van der Waals surface area (Å²) in [6.45, 7) is 0. The molecule has 0 radical (unpaired) electrons. The van der Waals surface area contributed by atoms with E-state index in [1.54, 1.807) is 0 Å². The number of carbonyl (C=O) groups is 1. The van der Waals surface area contributed by atoms with Gasteiger partial charge < -0.3 is 5.11 Å². The molecule has 0 heterocycles. The Morgan fingerprint density at radius 3 is 2.47 bits per heavy atom. The van der Waals surface area contributed by atoms with E-state index in [1.165, 1.54) is 0 Å². The largest absolute Gasteiger partial charge is 0.478 e. The van der Waals surface area contributed by atoms with Crippen LogP contribution in [0.25, 0.3) is 6.08 Å². The molecule has 0 bridgehead atoms. The second-order valence-corrected chi connectivity index (χ2v) is 4.07. The predicted octanol–water partition coefficient (Wildman–Crippen LogP) is 2.52. The van der Waals surface area contributed by atoms with Gasteiger partial charge in [0, 0.05) is 11.6 Å². The van der Waals surface area contributed by atoms with Gasteiger partial charge in [0.25, 0.3) is 6.43 Å². The maximum Gasteiger partial charge on any atom is 0.348 e. The topological polar surface area (TPSA) is 71.4 Å². The molecular formula is C10H7F2O4P. The zero-order valence-electron chi connectivity index (χ0n) is 8.34. The van der Waals surface area contributed by atoms with Crippen molar-refractivity contribution in [2.45, 2.75) is 6.43 Å². The fourth-order valence-corrected chi connectivity index (χ4v) is 1.62. The van der Waals surface area contributed by atoms with E-state index in [4.69, 9.17) is 5.11 Å². The molecule has 0 fully saturated rings. The van der Waals surface area contributed by atoms with E-state index >= 15 is 0 Å². The Labute approximate surface area is 95.4 Å². The van der Waals surface area contributed by atoms with Crippen LogP contribution in [0.4, 0.5) is 8.78 Å². The molecule has 1 N–H and O–H groups in total. The minimum atomic E-state index is -2.94. The van der Waals surface area contributed by atoms with Gasteiger partial charge in [-0.3, -0.25) is 0 Å². The third-order valence-electron chi connectivity index (χ3n) is 1.92. The fourth-order valence-electron chi connectivity index (χ4n) is 1.18. The SMILES string of the molecule is O=C(O)C=Cc1ccc(P(=O)=O)cc1C(F)F. The van der Waals surface area contributed by atoms with E-state index in [9.17, 15) is 22.7 Å². The summed E-state index contributed by atoms with van der Waals surface area (Å²) in [6, 6.07) is 3.11. The lowest BCUT2D eigenvalue weighted by Gasteiger charge is -2.04. The number of rotatable bonds is 4. The van der Waals surface area contributed by atoms with E-state index in [-0.39, 0.29) is 10.9 Å². The summed E-state index contributed by atoms with van der Waals surface area (Å²) in [5.74, 6) is -1.27. The van der Waals surface area contributed by atoms with Crippen LogP contribution in [0.2, 0.25) is 0 Å². The highest BCUT2D eigenvalue weighted by atomic mass is 31.1. The average molecular weight is 260 g/mol. The number of halogens is 2. The number of hydrogen-bond donors (Lipinski definition) is 1. The Balaban J connectivity index is 3.27. The van der Waals surface area contributed by atoms with Crippen molar-refractivity contribution >= 4 is 25.0 Å². The maximum atomic E-state index is 12.6. The van der Waals surface area contributed by atoms with Crippen molar-refractivity contribution in [1.82, 2.24) is 0 Å². The Bertz CT molecular complexity index is 527. The summed E-state index contributed by atoms with van der Waals surface area (Å²) in [5.41, 5.74) is -0.540. The van der Waals surface area contributed by atoms with Gasteiger partial charge in [-0.05, 0) is 23.8 Å². The van der Waals surface area contributed by atoms with Crippen LogP contribution in [0.15, 0.2) is 24.3 Å². The molecule has 7 heteroatoms. The van der Waals surface area contributed by atoms with Crippen molar-refractivity contribution in [3.63, 3.8) is 0 Å². The van der Waals surface area contributed by atoms with E-state index in [1.807, 2.05) is 0 Å². The van der Waals surface area contributed by atoms with Gasteiger partial charge in [-0.1, -0.05) is 6.07 Å².